The predicted molar refractivity (Wildman–Crippen MR) is 67.0 cm³/mol. The molecule has 0 atom stereocenters. The number of hydrogen-bond donors (Lipinski definition) is 0. The van der Waals surface area contributed by atoms with Crippen LogP contribution in [0, 0.1) is 11.8 Å². The molecule has 15 heavy (non-hydrogen) atoms. The zero-order chi connectivity index (χ0) is 10.5. The van der Waals surface area contributed by atoms with E-state index in [2.05, 4.69) is 38.8 Å². The molecule has 0 saturated heterocycles. The van der Waals surface area contributed by atoms with E-state index in [9.17, 15) is 0 Å². The lowest BCUT2D eigenvalue weighted by molar-refractivity contribution is 1.32. The zero-order valence-electron chi connectivity index (χ0n) is 8.20. The lowest BCUT2D eigenvalue weighted by Gasteiger charge is -1.98. The van der Waals surface area contributed by atoms with Gasteiger partial charge in [-0.15, -0.1) is 0 Å². The molecule has 0 aliphatic rings. The molecule has 1 heterocycles. The van der Waals surface area contributed by atoms with Crippen molar-refractivity contribution in [1.82, 2.24) is 4.98 Å². The van der Waals surface area contributed by atoms with E-state index < -0.39 is 0 Å². The number of aromatic nitrogens is 1. The van der Waals surface area contributed by atoms with Crippen LogP contribution in [0.25, 0.3) is 10.8 Å². The minimum absolute atomic E-state index is 0.872. The smallest absolute Gasteiger partial charge is 0.0358 e. The standard InChI is InChI=1S/C13H10BrN/c14-8-2-1-4-11-5-3-6-12-7-9-15-10-13(11)12/h3,5-7,9-10H,2,8H2. The van der Waals surface area contributed by atoms with Gasteiger partial charge in [0.1, 0.15) is 0 Å². The molecule has 0 unspecified atom stereocenters. The first-order valence-electron chi connectivity index (χ1n) is 4.79. The van der Waals surface area contributed by atoms with Gasteiger partial charge in [-0.05, 0) is 17.5 Å². The number of alkyl halides is 1. The van der Waals surface area contributed by atoms with Crippen LogP contribution in [0.5, 0.6) is 0 Å². The maximum absolute atomic E-state index is 4.12. The molecule has 0 aliphatic carbocycles. The molecule has 2 aromatic rings. The molecule has 2 rings (SSSR count). The number of halogens is 1. The molecule has 1 nitrogen and oxygen atoms in total. The summed E-state index contributed by atoms with van der Waals surface area (Å²) in [5.74, 6) is 6.29. The quantitative estimate of drug-likeness (QED) is 0.566. The van der Waals surface area contributed by atoms with Gasteiger partial charge in [-0.3, -0.25) is 4.98 Å². The monoisotopic (exact) mass is 259 g/mol. The molecule has 2 heteroatoms. The molecule has 74 valence electrons. The predicted octanol–water partition coefficient (Wildman–Crippen LogP) is 3.37. The van der Waals surface area contributed by atoms with E-state index in [-0.39, 0.29) is 0 Å². The Morgan fingerprint density at radius 3 is 3.07 bits per heavy atom. The fourth-order valence-corrected chi connectivity index (χ4v) is 1.63. The van der Waals surface area contributed by atoms with E-state index in [1.54, 1.807) is 6.20 Å². The molecular weight excluding hydrogens is 250 g/mol. The third-order valence-corrected chi connectivity index (χ3v) is 2.52. The second kappa shape index (κ2) is 4.95. The minimum atomic E-state index is 0.872. The van der Waals surface area contributed by atoms with Crippen molar-refractivity contribution in [1.29, 1.82) is 0 Å². The van der Waals surface area contributed by atoms with Gasteiger partial charge in [-0.25, -0.2) is 0 Å². The van der Waals surface area contributed by atoms with E-state index >= 15 is 0 Å². The Bertz CT molecular complexity index is 517. The van der Waals surface area contributed by atoms with Gasteiger partial charge in [0, 0.05) is 35.1 Å². The number of benzene rings is 1. The van der Waals surface area contributed by atoms with Gasteiger partial charge in [0.15, 0.2) is 0 Å². The molecule has 1 aromatic carbocycles. The Hall–Kier alpha value is -1.33. The van der Waals surface area contributed by atoms with Gasteiger partial charge in [-0.2, -0.15) is 0 Å². The summed E-state index contributed by atoms with van der Waals surface area (Å²) in [5, 5.41) is 3.24. The van der Waals surface area contributed by atoms with E-state index in [0.29, 0.717) is 0 Å². The zero-order valence-corrected chi connectivity index (χ0v) is 9.79. The van der Waals surface area contributed by atoms with E-state index in [0.717, 1.165) is 22.7 Å². The van der Waals surface area contributed by atoms with Crippen LogP contribution in [0.4, 0.5) is 0 Å². The van der Waals surface area contributed by atoms with Crippen LogP contribution in [-0.2, 0) is 0 Å². The molecule has 0 bridgehead atoms. The van der Waals surface area contributed by atoms with Crippen molar-refractivity contribution in [2.45, 2.75) is 6.42 Å². The van der Waals surface area contributed by atoms with E-state index in [1.165, 1.54) is 5.39 Å². The van der Waals surface area contributed by atoms with Gasteiger partial charge in [-0.1, -0.05) is 39.9 Å². The van der Waals surface area contributed by atoms with Crippen LogP contribution in [-0.4, -0.2) is 10.3 Å². The normalized spacial score (nSPS) is 9.67. The van der Waals surface area contributed by atoms with Gasteiger partial charge in [0.2, 0.25) is 0 Å². The van der Waals surface area contributed by atoms with Gasteiger partial charge in [0.05, 0.1) is 0 Å². The summed E-state index contributed by atoms with van der Waals surface area (Å²) < 4.78 is 0. The SMILES string of the molecule is BrCCC#Cc1cccc2ccncc12. The number of rotatable bonds is 1. The lowest BCUT2D eigenvalue weighted by Crippen LogP contribution is -1.81. The second-order valence-corrected chi connectivity index (χ2v) is 3.94. The highest BCUT2D eigenvalue weighted by atomic mass is 79.9. The lowest BCUT2D eigenvalue weighted by atomic mass is 10.1. The van der Waals surface area contributed by atoms with Crippen molar-refractivity contribution in [2.75, 3.05) is 5.33 Å². The first kappa shape index (κ1) is 10.2. The fraction of sp³-hybridized carbons (Fsp3) is 0.154. The Balaban J connectivity index is 2.48. The third-order valence-electron chi connectivity index (χ3n) is 2.13. The average Bonchev–Trinajstić information content (AvgIpc) is 2.30. The summed E-state index contributed by atoms with van der Waals surface area (Å²) in [7, 11) is 0. The molecule has 0 spiro atoms. The van der Waals surface area contributed by atoms with Crippen molar-refractivity contribution in [3.63, 3.8) is 0 Å². The summed E-state index contributed by atoms with van der Waals surface area (Å²) in [5.41, 5.74) is 1.06. The Morgan fingerprint density at radius 2 is 2.20 bits per heavy atom. The first-order chi connectivity index (χ1) is 7.42. The maximum Gasteiger partial charge on any atom is 0.0358 e. The summed E-state index contributed by atoms with van der Waals surface area (Å²) in [6.45, 7) is 0. The number of fused-ring (bicyclic) bond motifs is 1. The van der Waals surface area contributed by atoms with Crippen molar-refractivity contribution in [3.8, 4) is 11.8 Å². The highest BCUT2D eigenvalue weighted by Crippen LogP contribution is 2.16. The molecule has 0 aliphatic heterocycles. The largest absolute Gasteiger partial charge is 0.264 e. The van der Waals surface area contributed by atoms with Crippen molar-refractivity contribution in [3.05, 3.63) is 42.2 Å². The summed E-state index contributed by atoms with van der Waals surface area (Å²) in [6.07, 6.45) is 4.54. The Kier molecular flexibility index (Phi) is 3.37. The molecule has 0 radical (unpaired) electrons. The minimum Gasteiger partial charge on any atom is -0.264 e. The summed E-state index contributed by atoms with van der Waals surface area (Å²) >= 11 is 3.36. The number of nitrogens with zero attached hydrogens (tertiary/aromatic N) is 1. The van der Waals surface area contributed by atoms with Crippen molar-refractivity contribution in [2.24, 2.45) is 0 Å². The van der Waals surface area contributed by atoms with Crippen LogP contribution in [0.2, 0.25) is 0 Å². The van der Waals surface area contributed by atoms with Crippen molar-refractivity contribution >= 4 is 26.7 Å². The third kappa shape index (κ3) is 2.37. The van der Waals surface area contributed by atoms with Crippen LogP contribution in [0.1, 0.15) is 12.0 Å². The molecule has 0 saturated carbocycles. The van der Waals surface area contributed by atoms with E-state index in [4.69, 9.17) is 0 Å². The topological polar surface area (TPSA) is 12.9 Å². The number of hydrogen-bond acceptors (Lipinski definition) is 1. The molecular formula is C13H10BrN. The van der Waals surface area contributed by atoms with Crippen LogP contribution in [0.3, 0.4) is 0 Å². The summed E-state index contributed by atoms with van der Waals surface area (Å²) in [6, 6.07) is 8.14. The Morgan fingerprint density at radius 1 is 1.27 bits per heavy atom. The fourth-order valence-electron chi connectivity index (χ4n) is 1.43. The van der Waals surface area contributed by atoms with E-state index in [1.807, 2.05) is 24.4 Å². The van der Waals surface area contributed by atoms with Crippen LogP contribution >= 0.6 is 15.9 Å². The van der Waals surface area contributed by atoms with Gasteiger partial charge < -0.3 is 0 Å². The molecule has 0 amide bonds. The second-order valence-electron chi connectivity index (χ2n) is 3.14. The molecule has 1 aromatic heterocycles. The Labute approximate surface area is 97.7 Å². The van der Waals surface area contributed by atoms with Crippen molar-refractivity contribution < 1.29 is 0 Å². The van der Waals surface area contributed by atoms with Gasteiger partial charge >= 0.3 is 0 Å². The highest BCUT2D eigenvalue weighted by Gasteiger charge is 1.96. The van der Waals surface area contributed by atoms with Crippen LogP contribution < -0.4 is 0 Å². The van der Waals surface area contributed by atoms with Crippen LogP contribution in [0.15, 0.2) is 36.7 Å². The molecule has 0 fully saturated rings. The maximum atomic E-state index is 4.12. The molecule has 0 N–H and O–H groups in total. The first-order valence-corrected chi connectivity index (χ1v) is 5.91. The van der Waals surface area contributed by atoms with Gasteiger partial charge in [0.25, 0.3) is 0 Å². The average molecular weight is 260 g/mol. The number of pyridine rings is 1. The highest BCUT2D eigenvalue weighted by molar-refractivity contribution is 9.09. The summed E-state index contributed by atoms with van der Waals surface area (Å²) in [4.78, 5) is 4.12.